The highest BCUT2D eigenvalue weighted by Gasteiger charge is 2.32. The van der Waals surface area contributed by atoms with Crippen LogP contribution in [0.4, 0.5) is 10.5 Å². The Morgan fingerprint density at radius 3 is 2.41 bits per heavy atom. The standard InChI is InChI=1S/C21H24ClN3O4/c1-28-18-9-4-3-8-17(18)23-21(27)25-12-10-24(11-13-25)19(20(26)29-2)15-6-5-7-16(22)14-15/h3-9,14,19H,10-13H2,1-2H3,(H,23,27). The van der Waals surface area contributed by atoms with Gasteiger partial charge in [0.1, 0.15) is 11.8 Å². The van der Waals surface area contributed by atoms with E-state index in [9.17, 15) is 9.59 Å². The van der Waals surface area contributed by atoms with E-state index in [2.05, 4.69) is 5.32 Å². The molecule has 1 atom stereocenters. The number of anilines is 1. The van der Waals surface area contributed by atoms with E-state index < -0.39 is 6.04 Å². The van der Waals surface area contributed by atoms with Gasteiger partial charge in [-0.1, -0.05) is 35.9 Å². The lowest BCUT2D eigenvalue weighted by Crippen LogP contribution is -2.52. The number of hydrogen-bond donors (Lipinski definition) is 1. The minimum atomic E-state index is -0.557. The van der Waals surface area contributed by atoms with Gasteiger partial charge in [-0.15, -0.1) is 0 Å². The number of nitrogens with zero attached hydrogens (tertiary/aromatic N) is 2. The Hall–Kier alpha value is -2.77. The maximum absolute atomic E-state index is 12.6. The van der Waals surface area contributed by atoms with E-state index in [0.717, 1.165) is 5.56 Å². The highest BCUT2D eigenvalue weighted by Crippen LogP contribution is 2.27. The Bertz CT molecular complexity index is 869. The summed E-state index contributed by atoms with van der Waals surface area (Å²) in [6.07, 6.45) is 0. The van der Waals surface area contributed by atoms with Crippen molar-refractivity contribution in [2.75, 3.05) is 45.7 Å². The van der Waals surface area contributed by atoms with Crippen molar-refractivity contribution in [1.29, 1.82) is 0 Å². The summed E-state index contributed by atoms with van der Waals surface area (Å²) in [6, 6.07) is 13.7. The topological polar surface area (TPSA) is 71.1 Å². The van der Waals surface area contributed by atoms with E-state index in [1.54, 1.807) is 36.3 Å². The zero-order valence-corrected chi connectivity index (χ0v) is 17.2. The third-order valence-electron chi connectivity index (χ3n) is 4.90. The van der Waals surface area contributed by atoms with Gasteiger partial charge in [0.25, 0.3) is 0 Å². The highest BCUT2D eigenvalue weighted by molar-refractivity contribution is 6.30. The summed E-state index contributed by atoms with van der Waals surface area (Å²) in [4.78, 5) is 28.8. The highest BCUT2D eigenvalue weighted by atomic mass is 35.5. The number of rotatable bonds is 5. The Labute approximate surface area is 175 Å². The van der Waals surface area contributed by atoms with E-state index in [4.69, 9.17) is 21.1 Å². The maximum Gasteiger partial charge on any atom is 0.327 e. The van der Waals surface area contributed by atoms with Crippen molar-refractivity contribution >= 4 is 29.3 Å². The molecule has 0 radical (unpaired) electrons. The van der Waals surface area contributed by atoms with Gasteiger partial charge in [0, 0.05) is 31.2 Å². The number of para-hydroxylation sites is 2. The molecular formula is C21H24ClN3O4. The van der Waals surface area contributed by atoms with Gasteiger partial charge in [-0.25, -0.2) is 9.59 Å². The molecule has 2 amide bonds. The number of esters is 1. The van der Waals surface area contributed by atoms with E-state index >= 15 is 0 Å². The van der Waals surface area contributed by atoms with Crippen LogP contribution in [-0.4, -0.2) is 62.2 Å². The van der Waals surface area contributed by atoms with E-state index in [0.29, 0.717) is 42.6 Å². The first kappa shape index (κ1) is 21.0. The Kier molecular flexibility index (Phi) is 6.95. The van der Waals surface area contributed by atoms with Gasteiger partial charge in [-0.3, -0.25) is 4.90 Å². The van der Waals surface area contributed by atoms with E-state index in [-0.39, 0.29) is 12.0 Å². The zero-order chi connectivity index (χ0) is 20.8. The van der Waals surface area contributed by atoms with Crippen LogP contribution in [0.1, 0.15) is 11.6 Å². The number of benzene rings is 2. The average Bonchev–Trinajstić information content (AvgIpc) is 2.74. The van der Waals surface area contributed by atoms with Gasteiger partial charge in [0.15, 0.2) is 0 Å². The van der Waals surface area contributed by atoms with Crippen molar-refractivity contribution in [3.05, 3.63) is 59.1 Å². The molecule has 1 heterocycles. The normalized spacial score (nSPS) is 15.5. The zero-order valence-electron chi connectivity index (χ0n) is 16.4. The second-order valence-corrected chi connectivity index (χ2v) is 7.07. The Morgan fingerprint density at radius 1 is 1.03 bits per heavy atom. The van der Waals surface area contributed by atoms with Crippen molar-refractivity contribution in [3.63, 3.8) is 0 Å². The molecule has 1 aliphatic heterocycles. The molecule has 29 heavy (non-hydrogen) atoms. The first-order valence-electron chi connectivity index (χ1n) is 9.29. The van der Waals surface area contributed by atoms with E-state index in [1.165, 1.54) is 7.11 Å². The number of nitrogens with one attached hydrogen (secondary N) is 1. The molecule has 0 spiro atoms. The Morgan fingerprint density at radius 2 is 1.76 bits per heavy atom. The van der Waals surface area contributed by atoms with Crippen LogP contribution in [-0.2, 0) is 9.53 Å². The molecule has 2 aromatic carbocycles. The van der Waals surface area contributed by atoms with Crippen LogP contribution in [0.3, 0.4) is 0 Å². The summed E-state index contributed by atoms with van der Waals surface area (Å²) >= 11 is 6.10. The predicted octanol–water partition coefficient (Wildman–Crippen LogP) is 3.41. The summed E-state index contributed by atoms with van der Waals surface area (Å²) < 4.78 is 10.3. The number of amides is 2. The fourth-order valence-corrected chi connectivity index (χ4v) is 3.61. The minimum absolute atomic E-state index is 0.202. The molecule has 1 saturated heterocycles. The van der Waals surface area contributed by atoms with Crippen LogP contribution in [0.2, 0.25) is 5.02 Å². The largest absolute Gasteiger partial charge is 0.495 e. The lowest BCUT2D eigenvalue weighted by molar-refractivity contribution is -0.148. The van der Waals surface area contributed by atoms with Gasteiger partial charge in [-0.2, -0.15) is 0 Å². The van der Waals surface area contributed by atoms with Crippen LogP contribution < -0.4 is 10.1 Å². The molecule has 0 aliphatic carbocycles. The molecule has 0 saturated carbocycles. The fraction of sp³-hybridized carbons (Fsp3) is 0.333. The first-order valence-corrected chi connectivity index (χ1v) is 9.67. The van der Waals surface area contributed by atoms with Gasteiger partial charge < -0.3 is 19.7 Å². The third kappa shape index (κ3) is 4.99. The summed E-state index contributed by atoms with van der Waals surface area (Å²) in [7, 11) is 2.93. The molecule has 0 bridgehead atoms. The molecule has 8 heteroatoms. The number of methoxy groups -OCH3 is 2. The molecule has 1 aliphatic rings. The minimum Gasteiger partial charge on any atom is -0.495 e. The third-order valence-corrected chi connectivity index (χ3v) is 5.14. The van der Waals surface area contributed by atoms with Crippen molar-refractivity contribution in [3.8, 4) is 5.75 Å². The molecule has 1 fully saturated rings. The summed E-state index contributed by atoms with van der Waals surface area (Å²) in [5.41, 5.74) is 1.39. The number of hydrogen-bond acceptors (Lipinski definition) is 5. The van der Waals surface area contributed by atoms with Crippen LogP contribution in [0, 0.1) is 0 Å². The quantitative estimate of drug-likeness (QED) is 0.755. The van der Waals surface area contributed by atoms with E-state index in [1.807, 2.05) is 29.2 Å². The van der Waals surface area contributed by atoms with Gasteiger partial charge in [0.2, 0.25) is 0 Å². The van der Waals surface area contributed by atoms with Crippen LogP contribution in [0.5, 0.6) is 5.75 Å². The second-order valence-electron chi connectivity index (χ2n) is 6.63. The molecule has 0 aromatic heterocycles. The number of urea groups is 1. The van der Waals surface area contributed by atoms with Crippen molar-refractivity contribution in [2.45, 2.75) is 6.04 Å². The van der Waals surface area contributed by atoms with Crippen LogP contribution >= 0.6 is 11.6 Å². The van der Waals surface area contributed by atoms with Crippen LogP contribution in [0.15, 0.2) is 48.5 Å². The number of halogens is 1. The number of carbonyl (C=O) groups excluding carboxylic acids is 2. The van der Waals surface area contributed by atoms with Gasteiger partial charge in [-0.05, 0) is 29.8 Å². The van der Waals surface area contributed by atoms with Gasteiger partial charge in [0.05, 0.1) is 19.9 Å². The first-order chi connectivity index (χ1) is 14.0. The van der Waals surface area contributed by atoms with Crippen molar-refractivity contribution in [1.82, 2.24) is 9.80 Å². The molecular weight excluding hydrogens is 394 g/mol. The SMILES string of the molecule is COC(=O)C(c1cccc(Cl)c1)N1CCN(C(=O)Nc2ccccc2OC)CC1. The lowest BCUT2D eigenvalue weighted by Gasteiger charge is -2.38. The number of ether oxygens (including phenoxy) is 2. The molecule has 7 nitrogen and oxygen atoms in total. The summed E-state index contributed by atoms with van der Waals surface area (Å²) in [5, 5.41) is 3.44. The molecule has 3 rings (SSSR count). The Balaban J connectivity index is 1.66. The van der Waals surface area contributed by atoms with Crippen molar-refractivity contribution in [2.24, 2.45) is 0 Å². The van der Waals surface area contributed by atoms with Crippen LogP contribution in [0.25, 0.3) is 0 Å². The maximum atomic E-state index is 12.6. The number of carbonyl (C=O) groups is 2. The molecule has 1 unspecified atom stereocenters. The fourth-order valence-electron chi connectivity index (χ4n) is 3.41. The molecule has 2 aromatic rings. The second kappa shape index (κ2) is 9.62. The number of piperazine rings is 1. The lowest BCUT2D eigenvalue weighted by atomic mass is 10.0. The molecule has 154 valence electrons. The average molecular weight is 418 g/mol. The van der Waals surface area contributed by atoms with Gasteiger partial charge >= 0.3 is 12.0 Å². The smallest absolute Gasteiger partial charge is 0.327 e. The summed E-state index contributed by atoms with van der Waals surface area (Å²) in [5.74, 6) is 0.255. The summed E-state index contributed by atoms with van der Waals surface area (Å²) in [6.45, 7) is 2.03. The predicted molar refractivity (Wildman–Crippen MR) is 111 cm³/mol. The molecule has 1 N–H and O–H groups in total. The van der Waals surface area contributed by atoms with Crippen molar-refractivity contribution < 1.29 is 19.1 Å². The monoisotopic (exact) mass is 417 g/mol.